The average molecular weight is 305 g/mol. The van der Waals surface area contributed by atoms with Gasteiger partial charge in [0, 0.05) is 27.3 Å². The molecule has 0 aliphatic heterocycles. The van der Waals surface area contributed by atoms with E-state index >= 15 is 0 Å². The number of likely N-dealkylation sites (N-methyl/N-ethyl adjacent to an activating group) is 1. The first-order chi connectivity index (χ1) is 9.12. The van der Waals surface area contributed by atoms with Crippen LogP contribution in [0.4, 0.5) is 0 Å². The summed E-state index contributed by atoms with van der Waals surface area (Å²) in [6.45, 7) is -0.537. The van der Waals surface area contributed by atoms with Gasteiger partial charge in [-0.05, 0) is 0 Å². The number of esters is 1. The molecule has 1 aromatic rings. The number of hydrogen-bond donors (Lipinski definition) is 0. The summed E-state index contributed by atoms with van der Waals surface area (Å²) in [5.74, 6) is -0.766. The first kappa shape index (κ1) is 16.1. The summed E-state index contributed by atoms with van der Waals surface area (Å²) < 4.78 is 31.1. The first-order valence-corrected chi connectivity index (χ1v) is 6.86. The molecule has 0 saturated heterocycles. The van der Waals surface area contributed by atoms with Crippen molar-refractivity contribution >= 4 is 16.0 Å². The second-order valence-corrected chi connectivity index (χ2v) is 6.10. The van der Waals surface area contributed by atoms with Crippen molar-refractivity contribution in [3.63, 3.8) is 0 Å². The molecule has 0 fully saturated rings. The van der Waals surface area contributed by atoms with E-state index in [1.54, 1.807) is 0 Å². The Morgan fingerprint density at radius 2 is 1.90 bits per heavy atom. The van der Waals surface area contributed by atoms with Crippen molar-refractivity contribution in [1.29, 1.82) is 0 Å². The molecule has 0 amide bonds. The van der Waals surface area contributed by atoms with Crippen LogP contribution in [0.3, 0.4) is 0 Å². The second-order valence-electron chi connectivity index (χ2n) is 4.09. The van der Waals surface area contributed by atoms with Crippen LogP contribution in [0.25, 0.3) is 0 Å². The Hall–Kier alpha value is -1.94. The maximum atomic E-state index is 12.2. The Balaban J connectivity index is 3.41. The standard InChI is InChI=1S/C10H15N3O6S/c1-11-5-7(9(15)13(3)10(11)16)20(17,18)12(2)6-8(14)19-4/h5H,6H2,1-4H3. The number of aryl methyl sites for hydroxylation is 1. The minimum Gasteiger partial charge on any atom is -0.468 e. The molecular weight excluding hydrogens is 290 g/mol. The molecule has 0 aromatic carbocycles. The number of hydrogen-bond acceptors (Lipinski definition) is 6. The highest BCUT2D eigenvalue weighted by atomic mass is 32.2. The van der Waals surface area contributed by atoms with Gasteiger partial charge in [0.25, 0.3) is 5.56 Å². The summed E-state index contributed by atoms with van der Waals surface area (Å²) in [5, 5.41) is 0. The fourth-order valence-electron chi connectivity index (χ4n) is 1.45. The number of carbonyl (C=O) groups excluding carboxylic acids is 1. The summed E-state index contributed by atoms with van der Waals surface area (Å²) in [5.41, 5.74) is -1.60. The first-order valence-electron chi connectivity index (χ1n) is 5.42. The number of ether oxygens (including phenoxy) is 1. The maximum Gasteiger partial charge on any atom is 0.330 e. The van der Waals surface area contributed by atoms with E-state index in [2.05, 4.69) is 4.74 Å². The van der Waals surface area contributed by atoms with E-state index in [0.29, 0.717) is 8.87 Å². The summed E-state index contributed by atoms with van der Waals surface area (Å²) in [4.78, 5) is 33.9. The van der Waals surface area contributed by atoms with Gasteiger partial charge in [0.15, 0.2) is 4.90 Å². The highest BCUT2D eigenvalue weighted by molar-refractivity contribution is 7.89. The third kappa shape index (κ3) is 2.80. The molecule has 0 aliphatic rings. The minimum atomic E-state index is -4.20. The lowest BCUT2D eigenvalue weighted by molar-refractivity contribution is -0.140. The van der Waals surface area contributed by atoms with Crippen molar-refractivity contribution in [2.24, 2.45) is 14.1 Å². The van der Waals surface area contributed by atoms with Gasteiger partial charge < -0.3 is 9.30 Å². The third-order valence-corrected chi connectivity index (χ3v) is 4.47. The molecule has 9 nitrogen and oxygen atoms in total. The van der Waals surface area contributed by atoms with Crippen molar-refractivity contribution in [3.05, 3.63) is 27.0 Å². The number of aromatic nitrogens is 2. The fourth-order valence-corrected chi connectivity index (χ4v) is 2.71. The summed E-state index contributed by atoms with van der Waals surface area (Å²) in [6.07, 6.45) is 0.924. The molecule has 0 atom stereocenters. The quantitative estimate of drug-likeness (QED) is 0.588. The lowest BCUT2D eigenvalue weighted by atomic mass is 10.6. The predicted octanol–water partition coefficient (Wildman–Crippen LogP) is -2.12. The molecule has 10 heteroatoms. The highest BCUT2D eigenvalue weighted by Gasteiger charge is 2.27. The Morgan fingerprint density at radius 1 is 1.35 bits per heavy atom. The van der Waals surface area contributed by atoms with E-state index in [9.17, 15) is 22.8 Å². The van der Waals surface area contributed by atoms with Crippen LogP contribution >= 0.6 is 0 Å². The molecule has 20 heavy (non-hydrogen) atoms. The Labute approximate surface area is 115 Å². The van der Waals surface area contributed by atoms with Gasteiger partial charge in [-0.3, -0.25) is 14.2 Å². The normalized spacial score (nSPS) is 11.7. The van der Waals surface area contributed by atoms with E-state index in [4.69, 9.17) is 0 Å². The largest absolute Gasteiger partial charge is 0.468 e. The molecule has 1 rings (SSSR count). The van der Waals surface area contributed by atoms with Crippen molar-refractivity contribution in [1.82, 2.24) is 13.4 Å². The van der Waals surface area contributed by atoms with Crippen LogP contribution in [0.5, 0.6) is 0 Å². The van der Waals surface area contributed by atoms with Gasteiger partial charge in [0.2, 0.25) is 10.0 Å². The Kier molecular flexibility index (Phi) is 4.50. The van der Waals surface area contributed by atoms with Crippen molar-refractivity contribution in [2.75, 3.05) is 20.7 Å². The van der Waals surface area contributed by atoms with E-state index in [-0.39, 0.29) is 0 Å². The number of nitrogens with zero attached hydrogens (tertiary/aromatic N) is 3. The van der Waals surface area contributed by atoms with Gasteiger partial charge in [-0.25, -0.2) is 13.2 Å². The van der Waals surface area contributed by atoms with Crippen LogP contribution < -0.4 is 11.2 Å². The zero-order valence-electron chi connectivity index (χ0n) is 11.5. The van der Waals surface area contributed by atoms with Crippen LogP contribution in [0, 0.1) is 0 Å². The topological polar surface area (TPSA) is 108 Å². The summed E-state index contributed by atoms with van der Waals surface area (Å²) >= 11 is 0. The minimum absolute atomic E-state index is 0.537. The molecule has 0 aliphatic carbocycles. The number of sulfonamides is 1. The van der Waals surface area contributed by atoms with Crippen molar-refractivity contribution < 1.29 is 17.9 Å². The van der Waals surface area contributed by atoms with Gasteiger partial charge >= 0.3 is 11.7 Å². The van der Waals surface area contributed by atoms with Gasteiger partial charge in [0.05, 0.1) is 7.11 Å². The lowest BCUT2D eigenvalue weighted by Crippen LogP contribution is -2.42. The van der Waals surface area contributed by atoms with Gasteiger partial charge in [-0.15, -0.1) is 0 Å². The number of methoxy groups -OCH3 is 1. The zero-order valence-corrected chi connectivity index (χ0v) is 12.3. The molecule has 0 radical (unpaired) electrons. The van der Waals surface area contributed by atoms with E-state index in [1.807, 2.05) is 0 Å². The van der Waals surface area contributed by atoms with Gasteiger partial charge in [-0.2, -0.15) is 4.31 Å². The Morgan fingerprint density at radius 3 is 2.40 bits per heavy atom. The van der Waals surface area contributed by atoms with Gasteiger partial charge in [0.1, 0.15) is 6.54 Å². The van der Waals surface area contributed by atoms with Crippen molar-refractivity contribution in [2.45, 2.75) is 4.90 Å². The maximum absolute atomic E-state index is 12.2. The van der Waals surface area contributed by atoms with Crippen LogP contribution in [-0.2, 0) is 33.7 Å². The molecule has 0 spiro atoms. The highest BCUT2D eigenvalue weighted by Crippen LogP contribution is 2.08. The summed E-state index contributed by atoms with van der Waals surface area (Å²) in [6, 6.07) is 0. The zero-order chi connectivity index (χ0) is 15.7. The van der Waals surface area contributed by atoms with E-state index in [0.717, 1.165) is 24.9 Å². The molecular formula is C10H15N3O6S. The molecule has 1 aromatic heterocycles. The van der Waals surface area contributed by atoms with Crippen LogP contribution in [0.1, 0.15) is 0 Å². The van der Waals surface area contributed by atoms with Crippen LogP contribution in [0.15, 0.2) is 20.7 Å². The van der Waals surface area contributed by atoms with Crippen LogP contribution in [0.2, 0.25) is 0 Å². The smallest absolute Gasteiger partial charge is 0.330 e. The second kappa shape index (κ2) is 5.59. The van der Waals surface area contributed by atoms with E-state index in [1.165, 1.54) is 14.1 Å². The molecule has 0 N–H and O–H groups in total. The molecule has 1 heterocycles. The molecule has 0 bridgehead atoms. The molecule has 0 saturated carbocycles. The number of rotatable bonds is 4. The Bertz CT molecular complexity index is 745. The van der Waals surface area contributed by atoms with Crippen LogP contribution in [-0.4, -0.2) is 48.5 Å². The third-order valence-electron chi connectivity index (χ3n) is 2.68. The molecule has 112 valence electrons. The molecule has 0 unspecified atom stereocenters. The lowest BCUT2D eigenvalue weighted by Gasteiger charge is -2.16. The number of carbonyl (C=O) groups is 1. The van der Waals surface area contributed by atoms with Gasteiger partial charge in [-0.1, -0.05) is 0 Å². The SMILES string of the molecule is COC(=O)CN(C)S(=O)(=O)c1cn(C)c(=O)n(C)c1=O. The van der Waals surface area contributed by atoms with Crippen molar-refractivity contribution in [3.8, 4) is 0 Å². The van der Waals surface area contributed by atoms with E-state index < -0.39 is 38.7 Å². The average Bonchev–Trinajstić information content (AvgIpc) is 2.39. The summed E-state index contributed by atoms with van der Waals surface area (Å²) in [7, 11) is 0.549. The fraction of sp³-hybridized carbons (Fsp3) is 0.500. The predicted molar refractivity (Wildman–Crippen MR) is 68.8 cm³/mol. The monoisotopic (exact) mass is 305 g/mol.